The van der Waals surface area contributed by atoms with Crippen molar-refractivity contribution < 1.29 is 17.9 Å². The second kappa shape index (κ2) is 6.51. The van der Waals surface area contributed by atoms with Crippen molar-refractivity contribution in [1.29, 1.82) is 0 Å². The third-order valence-electron chi connectivity index (χ3n) is 3.64. The van der Waals surface area contributed by atoms with E-state index in [2.05, 4.69) is 21.4 Å². The van der Waals surface area contributed by atoms with Crippen LogP contribution >= 0.6 is 15.9 Å². The zero-order valence-corrected chi connectivity index (χ0v) is 15.1. The van der Waals surface area contributed by atoms with E-state index in [0.717, 1.165) is 0 Å². The fourth-order valence-electron chi connectivity index (χ4n) is 2.02. The summed E-state index contributed by atoms with van der Waals surface area (Å²) < 4.78 is 34.2. The predicted molar refractivity (Wildman–Crippen MR) is 86.2 cm³/mol. The van der Waals surface area contributed by atoms with Gasteiger partial charge < -0.3 is 9.47 Å². The largest absolute Gasteiger partial charge is 0.495 e. The van der Waals surface area contributed by atoms with Crippen molar-refractivity contribution in [2.24, 2.45) is 5.84 Å². The molecule has 0 amide bonds. The standard InChI is InChI=1S/C13H21BrN2O4S/c1-13(2,21(5,17)18)12(16-15)8-6-7-9(19-3)10(14)11(8)20-4/h6-7,12,16H,15H2,1-5H3. The number of ether oxygens (including phenoxy) is 2. The molecule has 0 bridgehead atoms. The van der Waals surface area contributed by atoms with Gasteiger partial charge in [-0.05, 0) is 41.9 Å². The number of benzene rings is 1. The minimum Gasteiger partial charge on any atom is -0.495 e. The lowest BCUT2D eigenvalue weighted by Gasteiger charge is -2.33. The lowest BCUT2D eigenvalue weighted by atomic mass is 9.94. The Kier molecular flexibility index (Phi) is 5.65. The number of rotatable bonds is 6. The first kappa shape index (κ1) is 18.2. The van der Waals surface area contributed by atoms with Gasteiger partial charge in [0.1, 0.15) is 16.0 Å². The first-order chi connectivity index (χ1) is 9.61. The molecule has 0 aliphatic heterocycles. The van der Waals surface area contributed by atoms with Gasteiger partial charge in [-0.15, -0.1) is 0 Å². The molecule has 0 saturated heterocycles. The van der Waals surface area contributed by atoms with Crippen molar-refractivity contribution in [3.8, 4) is 11.5 Å². The third kappa shape index (κ3) is 3.33. The molecule has 0 spiro atoms. The van der Waals surface area contributed by atoms with Gasteiger partial charge in [0.25, 0.3) is 0 Å². The molecule has 1 aromatic carbocycles. The van der Waals surface area contributed by atoms with Gasteiger partial charge in [-0.2, -0.15) is 0 Å². The van der Waals surface area contributed by atoms with Crippen LogP contribution in [0.1, 0.15) is 25.5 Å². The lowest BCUT2D eigenvalue weighted by Crippen LogP contribution is -2.47. The summed E-state index contributed by atoms with van der Waals surface area (Å²) in [5.74, 6) is 6.68. The smallest absolute Gasteiger partial charge is 0.154 e. The van der Waals surface area contributed by atoms with Crippen LogP contribution in [0.3, 0.4) is 0 Å². The molecule has 8 heteroatoms. The third-order valence-corrected chi connectivity index (χ3v) is 6.54. The van der Waals surface area contributed by atoms with Gasteiger partial charge in [-0.3, -0.25) is 11.3 Å². The lowest BCUT2D eigenvalue weighted by molar-refractivity contribution is 0.367. The van der Waals surface area contributed by atoms with Crippen LogP contribution < -0.4 is 20.7 Å². The van der Waals surface area contributed by atoms with E-state index in [1.54, 1.807) is 26.0 Å². The molecule has 0 heterocycles. The van der Waals surface area contributed by atoms with Crippen LogP contribution in [0, 0.1) is 0 Å². The number of methoxy groups -OCH3 is 2. The van der Waals surface area contributed by atoms with Gasteiger partial charge in [0.2, 0.25) is 0 Å². The fraction of sp³-hybridized carbons (Fsp3) is 0.538. The van der Waals surface area contributed by atoms with Crippen LogP contribution in [-0.2, 0) is 9.84 Å². The molecule has 1 unspecified atom stereocenters. The summed E-state index contributed by atoms with van der Waals surface area (Å²) in [5.41, 5.74) is 3.21. The summed E-state index contributed by atoms with van der Waals surface area (Å²) in [6.45, 7) is 3.23. The quantitative estimate of drug-likeness (QED) is 0.577. The Morgan fingerprint density at radius 1 is 1.29 bits per heavy atom. The Bertz CT molecular complexity index is 617. The highest BCUT2D eigenvalue weighted by atomic mass is 79.9. The highest BCUT2D eigenvalue weighted by molar-refractivity contribution is 9.10. The molecule has 0 fully saturated rings. The number of halogens is 1. The molecule has 120 valence electrons. The van der Waals surface area contributed by atoms with E-state index < -0.39 is 20.6 Å². The number of nitrogens with one attached hydrogen (secondary N) is 1. The Morgan fingerprint density at radius 2 is 1.86 bits per heavy atom. The number of nitrogens with two attached hydrogens (primary N) is 1. The fourth-order valence-corrected chi connectivity index (χ4v) is 3.33. The molecular formula is C13H21BrN2O4S. The van der Waals surface area contributed by atoms with Crippen LogP contribution in [0.2, 0.25) is 0 Å². The summed E-state index contributed by atoms with van der Waals surface area (Å²) in [6, 6.07) is 2.81. The molecule has 0 aliphatic rings. The van der Waals surface area contributed by atoms with Crippen LogP contribution in [0.5, 0.6) is 11.5 Å². The number of hydrazine groups is 1. The van der Waals surface area contributed by atoms with Gasteiger partial charge in [0.15, 0.2) is 9.84 Å². The van der Waals surface area contributed by atoms with Crippen molar-refractivity contribution in [3.63, 3.8) is 0 Å². The molecule has 21 heavy (non-hydrogen) atoms. The summed E-state index contributed by atoms with van der Waals surface area (Å²) in [6.07, 6.45) is 1.18. The monoisotopic (exact) mass is 380 g/mol. The van der Waals surface area contributed by atoms with E-state index >= 15 is 0 Å². The SMILES string of the molecule is COc1ccc(C(NN)C(C)(C)S(C)(=O)=O)c(OC)c1Br. The predicted octanol–water partition coefficient (Wildman–Crippen LogP) is 1.79. The highest BCUT2D eigenvalue weighted by Crippen LogP contribution is 2.43. The maximum Gasteiger partial charge on any atom is 0.154 e. The number of hydrogen-bond donors (Lipinski definition) is 2. The average Bonchev–Trinajstić information content (AvgIpc) is 2.38. The van der Waals surface area contributed by atoms with E-state index in [4.69, 9.17) is 15.3 Å². The van der Waals surface area contributed by atoms with E-state index in [0.29, 0.717) is 21.5 Å². The number of hydrogen-bond acceptors (Lipinski definition) is 6. The zero-order chi connectivity index (χ0) is 16.4. The molecule has 1 rings (SSSR count). The molecule has 0 aromatic heterocycles. The van der Waals surface area contributed by atoms with Crippen LogP contribution in [0.25, 0.3) is 0 Å². The maximum atomic E-state index is 12.1. The molecule has 1 aromatic rings. The van der Waals surface area contributed by atoms with Gasteiger partial charge in [0, 0.05) is 11.8 Å². The van der Waals surface area contributed by atoms with E-state index in [9.17, 15) is 8.42 Å². The minimum atomic E-state index is -3.36. The second-order valence-corrected chi connectivity index (χ2v) is 8.57. The summed E-state index contributed by atoms with van der Waals surface area (Å²) >= 11 is 3.40. The highest BCUT2D eigenvalue weighted by Gasteiger charge is 2.41. The minimum absolute atomic E-state index is 0.481. The van der Waals surface area contributed by atoms with E-state index in [1.165, 1.54) is 20.5 Å². The Balaban J connectivity index is 3.53. The van der Waals surface area contributed by atoms with Gasteiger partial charge in [-0.1, -0.05) is 0 Å². The molecule has 0 aliphatic carbocycles. The molecule has 3 N–H and O–H groups in total. The topological polar surface area (TPSA) is 90.6 Å². The molecule has 0 radical (unpaired) electrons. The Morgan fingerprint density at radius 3 is 2.24 bits per heavy atom. The number of sulfone groups is 1. The summed E-state index contributed by atoms with van der Waals surface area (Å²) in [7, 11) is -0.316. The normalized spacial score (nSPS) is 13.9. The second-order valence-electron chi connectivity index (χ2n) is 5.18. The van der Waals surface area contributed by atoms with Crippen molar-refractivity contribution >= 4 is 25.8 Å². The Labute approximate surface area is 134 Å². The average molecular weight is 381 g/mol. The summed E-state index contributed by atoms with van der Waals surface area (Å²) in [4.78, 5) is 0. The van der Waals surface area contributed by atoms with Crippen LogP contribution in [0.15, 0.2) is 16.6 Å². The van der Waals surface area contributed by atoms with E-state index in [-0.39, 0.29) is 0 Å². The van der Waals surface area contributed by atoms with Crippen molar-refractivity contribution in [2.45, 2.75) is 24.6 Å². The Hall–Kier alpha value is -0.830. The zero-order valence-electron chi connectivity index (χ0n) is 12.7. The molecule has 6 nitrogen and oxygen atoms in total. The van der Waals surface area contributed by atoms with Crippen LogP contribution in [-0.4, -0.2) is 33.6 Å². The van der Waals surface area contributed by atoms with Crippen molar-refractivity contribution in [2.75, 3.05) is 20.5 Å². The van der Waals surface area contributed by atoms with Crippen LogP contribution in [0.4, 0.5) is 0 Å². The first-order valence-electron chi connectivity index (χ1n) is 6.17. The van der Waals surface area contributed by atoms with Gasteiger partial charge in [0.05, 0.1) is 25.0 Å². The van der Waals surface area contributed by atoms with Gasteiger partial charge >= 0.3 is 0 Å². The van der Waals surface area contributed by atoms with Gasteiger partial charge in [-0.25, -0.2) is 8.42 Å². The van der Waals surface area contributed by atoms with Crippen molar-refractivity contribution in [3.05, 3.63) is 22.2 Å². The molecule has 1 atom stereocenters. The molecular weight excluding hydrogens is 360 g/mol. The first-order valence-corrected chi connectivity index (χ1v) is 8.86. The molecule has 0 saturated carbocycles. The van der Waals surface area contributed by atoms with E-state index in [1.807, 2.05) is 0 Å². The van der Waals surface area contributed by atoms with Crippen molar-refractivity contribution in [1.82, 2.24) is 5.43 Å². The summed E-state index contributed by atoms with van der Waals surface area (Å²) in [5, 5.41) is 0. The maximum absolute atomic E-state index is 12.1.